The molecule has 6 nitrogen and oxygen atoms in total. The van der Waals surface area contributed by atoms with Gasteiger partial charge in [-0.3, -0.25) is 4.79 Å². The highest BCUT2D eigenvalue weighted by Gasteiger charge is 2.14. The third kappa shape index (κ3) is 5.22. The molecule has 2 N–H and O–H groups in total. The van der Waals surface area contributed by atoms with Crippen molar-refractivity contribution < 1.29 is 19.4 Å². The van der Waals surface area contributed by atoms with Gasteiger partial charge in [0, 0.05) is 10.0 Å². The van der Waals surface area contributed by atoms with Crippen LogP contribution in [-0.2, 0) is 0 Å². The number of nitrogens with one attached hydrogen (secondary N) is 1. The average molecular weight is 474 g/mol. The Hall–Kier alpha value is -3.16. The van der Waals surface area contributed by atoms with Crippen LogP contribution < -0.4 is 10.2 Å². The number of aromatic hydroxyl groups is 1. The first-order chi connectivity index (χ1) is 14.0. The molecule has 0 unspecified atom stereocenters. The van der Waals surface area contributed by atoms with Gasteiger partial charge in [0.05, 0.1) is 22.4 Å². The molecular weight excluding hydrogens is 460 g/mol. The molecule has 146 valence electrons. The minimum Gasteiger partial charge on any atom is -0.507 e. The summed E-state index contributed by atoms with van der Waals surface area (Å²) in [5.41, 5.74) is 3.08. The van der Waals surface area contributed by atoms with Gasteiger partial charge in [-0.25, -0.2) is 10.2 Å². The summed E-state index contributed by atoms with van der Waals surface area (Å²) in [5, 5.41) is 13.9. The second-order valence-corrected chi connectivity index (χ2v) is 7.09. The molecule has 1 amide bonds. The normalized spacial score (nSPS) is 10.7. The molecule has 0 aromatic heterocycles. The first-order valence-electron chi connectivity index (χ1n) is 8.33. The van der Waals surface area contributed by atoms with E-state index in [1.54, 1.807) is 54.6 Å². The molecule has 0 saturated heterocycles. The number of rotatable bonds is 5. The van der Waals surface area contributed by atoms with Crippen LogP contribution in [0.3, 0.4) is 0 Å². The first-order valence-corrected chi connectivity index (χ1v) is 9.50. The van der Waals surface area contributed by atoms with Gasteiger partial charge in [-0.15, -0.1) is 0 Å². The maximum atomic E-state index is 12.4. The molecule has 0 aliphatic carbocycles. The minimum absolute atomic E-state index is 0.0873. The SMILES string of the molecule is O=C(N/N=C\c1cc(Br)ccc1OC(=O)c1ccccc1Cl)c1ccccc1O. The summed E-state index contributed by atoms with van der Waals surface area (Å²) in [6.07, 6.45) is 1.33. The van der Waals surface area contributed by atoms with Crippen LogP contribution in [0.5, 0.6) is 11.5 Å². The molecule has 0 spiro atoms. The molecule has 8 heteroatoms. The zero-order chi connectivity index (χ0) is 20.8. The highest BCUT2D eigenvalue weighted by molar-refractivity contribution is 9.10. The molecule has 0 fully saturated rings. The number of benzene rings is 3. The summed E-state index contributed by atoms with van der Waals surface area (Å²) in [4.78, 5) is 24.5. The minimum atomic E-state index is -0.620. The predicted molar refractivity (Wildman–Crippen MR) is 114 cm³/mol. The first kappa shape index (κ1) is 20.6. The van der Waals surface area contributed by atoms with Gasteiger partial charge in [-0.05, 0) is 42.5 Å². The van der Waals surface area contributed by atoms with E-state index in [1.165, 1.54) is 18.3 Å². The third-order valence-electron chi connectivity index (χ3n) is 3.79. The van der Waals surface area contributed by atoms with Gasteiger partial charge in [0.2, 0.25) is 0 Å². The number of phenolic OH excluding ortho intramolecular Hbond substituents is 1. The lowest BCUT2D eigenvalue weighted by atomic mass is 10.2. The topological polar surface area (TPSA) is 88.0 Å². The van der Waals surface area contributed by atoms with Crippen LogP contribution in [0.4, 0.5) is 0 Å². The Morgan fingerprint density at radius 2 is 1.72 bits per heavy atom. The number of carbonyl (C=O) groups excluding carboxylic acids is 2. The monoisotopic (exact) mass is 472 g/mol. The van der Waals surface area contributed by atoms with Crippen molar-refractivity contribution in [1.29, 1.82) is 0 Å². The van der Waals surface area contributed by atoms with Crippen molar-refractivity contribution in [3.8, 4) is 11.5 Å². The van der Waals surface area contributed by atoms with Crippen LogP contribution in [0.1, 0.15) is 26.3 Å². The Morgan fingerprint density at radius 3 is 2.45 bits per heavy atom. The summed E-state index contributed by atoms with van der Waals surface area (Å²) < 4.78 is 6.17. The number of halogens is 2. The number of carbonyl (C=O) groups is 2. The number of amides is 1. The smallest absolute Gasteiger partial charge is 0.345 e. The van der Waals surface area contributed by atoms with E-state index in [-0.39, 0.29) is 27.6 Å². The van der Waals surface area contributed by atoms with E-state index >= 15 is 0 Å². The van der Waals surface area contributed by atoms with E-state index in [2.05, 4.69) is 26.5 Å². The Morgan fingerprint density at radius 1 is 1.03 bits per heavy atom. The van der Waals surface area contributed by atoms with E-state index in [0.29, 0.717) is 5.56 Å². The highest BCUT2D eigenvalue weighted by Crippen LogP contribution is 2.24. The number of hydrogen-bond acceptors (Lipinski definition) is 5. The second-order valence-electron chi connectivity index (χ2n) is 5.77. The summed E-state index contributed by atoms with van der Waals surface area (Å²) in [5.74, 6) is -1.12. The highest BCUT2D eigenvalue weighted by atomic mass is 79.9. The van der Waals surface area contributed by atoms with Crippen molar-refractivity contribution in [3.63, 3.8) is 0 Å². The van der Waals surface area contributed by atoms with Crippen molar-refractivity contribution in [2.24, 2.45) is 5.10 Å². The van der Waals surface area contributed by atoms with Crippen molar-refractivity contribution in [2.45, 2.75) is 0 Å². The fourth-order valence-corrected chi connectivity index (χ4v) is 2.97. The van der Waals surface area contributed by atoms with Crippen LogP contribution in [0, 0.1) is 0 Å². The number of esters is 1. The Bertz CT molecular complexity index is 1100. The zero-order valence-corrected chi connectivity index (χ0v) is 17.1. The quantitative estimate of drug-likeness (QED) is 0.241. The predicted octanol–water partition coefficient (Wildman–Crippen LogP) is 4.79. The van der Waals surface area contributed by atoms with E-state index < -0.39 is 11.9 Å². The largest absolute Gasteiger partial charge is 0.507 e. The molecule has 0 saturated carbocycles. The van der Waals surface area contributed by atoms with E-state index in [4.69, 9.17) is 16.3 Å². The maximum absolute atomic E-state index is 12.4. The van der Waals surface area contributed by atoms with Crippen LogP contribution in [-0.4, -0.2) is 23.2 Å². The Labute approximate surface area is 179 Å². The van der Waals surface area contributed by atoms with Crippen molar-refractivity contribution >= 4 is 45.6 Å². The molecule has 0 heterocycles. The number of ether oxygens (including phenoxy) is 1. The Kier molecular flexibility index (Phi) is 6.64. The summed E-state index contributed by atoms with van der Waals surface area (Å²) in [7, 11) is 0. The van der Waals surface area contributed by atoms with Gasteiger partial charge in [-0.2, -0.15) is 5.10 Å². The molecule has 0 aliphatic heterocycles. The molecule has 3 rings (SSSR count). The molecule has 0 atom stereocenters. The molecule has 3 aromatic rings. The van der Waals surface area contributed by atoms with E-state index in [0.717, 1.165) is 4.47 Å². The summed E-state index contributed by atoms with van der Waals surface area (Å²) in [6, 6.07) is 17.6. The molecule has 0 bridgehead atoms. The van der Waals surface area contributed by atoms with Crippen molar-refractivity contribution in [3.05, 3.63) is 92.9 Å². The lowest BCUT2D eigenvalue weighted by Gasteiger charge is -2.09. The number of phenols is 1. The maximum Gasteiger partial charge on any atom is 0.345 e. The van der Waals surface area contributed by atoms with E-state index in [1.807, 2.05) is 0 Å². The zero-order valence-electron chi connectivity index (χ0n) is 14.8. The van der Waals surface area contributed by atoms with Gasteiger partial charge in [-0.1, -0.05) is 51.8 Å². The standard InChI is InChI=1S/C21H14BrClN2O4/c22-14-9-10-19(29-21(28)15-5-1-3-7-17(15)23)13(11-14)12-24-25-20(27)16-6-2-4-8-18(16)26/h1-12,26H,(H,25,27)/b24-12-. The van der Waals surface area contributed by atoms with Crippen LogP contribution in [0.15, 0.2) is 76.3 Å². The number of hydrazone groups is 1. The third-order valence-corrected chi connectivity index (χ3v) is 4.61. The van der Waals surface area contributed by atoms with Crippen LogP contribution in [0.2, 0.25) is 5.02 Å². The van der Waals surface area contributed by atoms with Gasteiger partial charge in [0.15, 0.2) is 0 Å². The Balaban J connectivity index is 1.77. The lowest BCUT2D eigenvalue weighted by molar-refractivity contribution is 0.0734. The van der Waals surface area contributed by atoms with E-state index in [9.17, 15) is 14.7 Å². The number of para-hydroxylation sites is 1. The van der Waals surface area contributed by atoms with Gasteiger partial charge in [0.25, 0.3) is 5.91 Å². The molecule has 3 aromatic carbocycles. The average Bonchev–Trinajstić information content (AvgIpc) is 2.70. The van der Waals surface area contributed by atoms with Crippen molar-refractivity contribution in [1.82, 2.24) is 5.43 Å². The molecule has 0 radical (unpaired) electrons. The van der Waals surface area contributed by atoms with Gasteiger partial charge < -0.3 is 9.84 Å². The fourth-order valence-electron chi connectivity index (χ4n) is 2.38. The molecule has 0 aliphatic rings. The van der Waals surface area contributed by atoms with Gasteiger partial charge in [0.1, 0.15) is 11.5 Å². The summed E-state index contributed by atoms with van der Waals surface area (Å²) in [6.45, 7) is 0. The van der Waals surface area contributed by atoms with Gasteiger partial charge >= 0.3 is 5.97 Å². The fraction of sp³-hybridized carbons (Fsp3) is 0. The second kappa shape index (κ2) is 9.36. The molecular formula is C21H14BrClN2O4. The van der Waals surface area contributed by atoms with Crippen molar-refractivity contribution in [2.75, 3.05) is 0 Å². The van der Waals surface area contributed by atoms with Crippen LogP contribution >= 0.6 is 27.5 Å². The molecule has 29 heavy (non-hydrogen) atoms. The number of hydrogen-bond donors (Lipinski definition) is 2. The number of nitrogens with zero attached hydrogens (tertiary/aromatic N) is 1. The van der Waals surface area contributed by atoms with Crippen LogP contribution in [0.25, 0.3) is 0 Å². The summed E-state index contributed by atoms with van der Waals surface area (Å²) >= 11 is 9.38. The lowest BCUT2D eigenvalue weighted by Crippen LogP contribution is -2.17.